The van der Waals surface area contributed by atoms with Gasteiger partial charge in [0.15, 0.2) is 0 Å². The zero-order chi connectivity index (χ0) is 11.8. The number of hydrogen-bond donors (Lipinski definition) is 1. The van der Waals surface area contributed by atoms with Crippen molar-refractivity contribution in [3.8, 4) is 0 Å². The van der Waals surface area contributed by atoms with Crippen LogP contribution in [0.1, 0.15) is 58.3 Å². The van der Waals surface area contributed by atoms with Gasteiger partial charge in [0.25, 0.3) is 0 Å². The van der Waals surface area contributed by atoms with Crippen LogP contribution in [-0.4, -0.2) is 17.8 Å². The number of carbonyl (C=O) groups is 1. The van der Waals surface area contributed by atoms with Gasteiger partial charge < -0.3 is 5.32 Å². The molecule has 1 amide bonds. The van der Waals surface area contributed by atoms with Crippen molar-refractivity contribution in [3.05, 3.63) is 0 Å². The summed E-state index contributed by atoms with van der Waals surface area (Å²) in [5, 5.41) is 2.99. The first kappa shape index (κ1) is 13.8. The molecule has 16 heavy (non-hydrogen) atoms. The average Bonchev–Trinajstić information content (AvgIpc) is 2.34. The molecule has 0 heterocycles. The molecule has 3 heteroatoms. The van der Waals surface area contributed by atoms with Gasteiger partial charge in [0.2, 0.25) is 5.91 Å². The van der Waals surface area contributed by atoms with E-state index < -0.39 is 0 Å². The molecule has 1 atom stereocenters. The summed E-state index contributed by atoms with van der Waals surface area (Å²) >= 11 is 5.75. The summed E-state index contributed by atoms with van der Waals surface area (Å²) in [5.74, 6) is 1.49. The molecular formula is C13H24ClNO. The van der Waals surface area contributed by atoms with Crippen molar-refractivity contribution < 1.29 is 4.79 Å². The van der Waals surface area contributed by atoms with E-state index in [-0.39, 0.29) is 11.9 Å². The average molecular weight is 246 g/mol. The molecule has 94 valence electrons. The molecule has 2 nitrogen and oxygen atoms in total. The van der Waals surface area contributed by atoms with Gasteiger partial charge in [0, 0.05) is 18.3 Å². The van der Waals surface area contributed by atoms with Crippen LogP contribution in [0.15, 0.2) is 0 Å². The van der Waals surface area contributed by atoms with Crippen LogP contribution in [0, 0.1) is 5.92 Å². The van der Waals surface area contributed by atoms with Gasteiger partial charge in [-0.1, -0.05) is 39.0 Å². The third kappa shape index (κ3) is 5.20. The largest absolute Gasteiger partial charge is 0.352 e. The molecule has 1 unspecified atom stereocenters. The first-order valence-corrected chi connectivity index (χ1v) is 7.15. The Labute approximate surface area is 104 Å². The minimum Gasteiger partial charge on any atom is -0.352 e. The number of amides is 1. The van der Waals surface area contributed by atoms with Gasteiger partial charge in [-0.25, -0.2) is 0 Å². The van der Waals surface area contributed by atoms with E-state index in [2.05, 4.69) is 12.2 Å². The van der Waals surface area contributed by atoms with Gasteiger partial charge in [-0.05, 0) is 18.8 Å². The lowest BCUT2D eigenvalue weighted by Gasteiger charge is -2.21. The summed E-state index contributed by atoms with van der Waals surface area (Å²) in [4.78, 5) is 11.6. The second-order valence-electron chi connectivity index (χ2n) is 4.87. The number of hydrogen-bond acceptors (Lipinski definition) is 1. The van der Waals surface area contributed by atoms with Crippen molar-refractivity contribution in [2.24, 2.45) is 5.92 Å². The molecule has 1 rings (SSSR count). The summed E-state index contributed by atoms with van der Waals surface area (Å²) in [6.45, 7) is 2.05. The standard InChI is InChI=1S/C13H24ClNO/c1-2-12(10-14)15-13(16)9-8-11-6-4-3-5-7-11/h11-12H,2-10H2,1H3,(H,15,16). The van der Waals surface area contributed by atoms with E-state index in [9.17, 15) is 4.79 Å². The summed E-state index contributed by atoms with van der Waals surface area (Å²) < 4.78 is 0. The van der Waals surface area contributed by atoms with E-state index in [0.29, 0.717) is 12.3 Å². The van der Waals surface area contributed by atoms with Gasteiger partial charge in [0.05, 0.1) is 0 Å². The minimum absolute atomic E-state index is 0.153. The van der Waals surface area contributed by atoms with Gasteiger partial charge in [0.1, 0.15) is 0 Å². The van der Waals surface area contributed by atoms with Crippen LogP contribution in [0.2, 0.25) is 0 Å². The first-order chi connectivity index (χ1) is 7.76. The van der Waals surface area contributed by atoms with Crippen LogP contribution >= 0.6 is 11.6 Å². The summed E-state index contributed by atoms with van der Waals surface area (Å²) in [6, 6.07) is 0.153. The molecule has 0 radical (unpaired) electrons. The molecule has 0 aromatic heterocycles. The fraction of sp³-hybridized carbons (Fsp3) is 0.923. The Bertz CT molecular complexity index is 198. The van der Waals surface area contributed by atoms with Gasteiger partial charge >= 0.3 is 0 Å². The van der Waals surface area contributed by atoms with Crippen molar-refractivity contribution in [2.45, 2.75) is 64.3 Å². The minimum atomic E-state index is 0.153. The zero-order valence-corrected chi connectivity index (χ0v) is 11.1. The first-order valence-electron chi connectivity index (χ1n) is 6.61. The predicted octanol–water partition coefficient (Wildman–Crippen LogP) is 3.48. The second kappa shape index (κ2) is 7.94. The topological polar surface area (TPSA) is 29.1 Å². The second-order valence-corrected chi connectivity index (χ2v) is 5.18. The van der Waals surface area contributed by atoms with Crippen molar-refractivity contribution in [3.63, 3.8) is 0 Å². The van der Waals surface area contributed by atoms with E-state index >= 15 is 0 Å². The van der Waals surface area contributed by atoms with E-state index in [0.717, 1.165) is 18.8 Å². The Morgan fingerprint density at radius 3 is 2.62 bits per heavy atom. The maximum Gasteiger partial charge on any atom is 0.220 e. The molecule has 1 aliphatic rings. The SMILES string of the molecule is CCC(CCl)NC(=O)CCC1CCCCC1. The molecule has 1 saturated carbocycles. The fourth-order valence-electron chi connectivity index (χ4n) is 2.36. The third-order valence-electron chi connectivity index (χ3n) is 3.55. The van der Waals surface area contributed by atoms with E-state index in [1.807, 2.05) is 0 Å². The van der Waals surface area contributed by atoms with Crippen LogP contribution in [0.25, 0.3) is 0 Å². The van der Waals surface area contributed by atoms with E-state index in [1.54, 1.807) is 0 Å². The number of halogens is 1. The van der Waals surface area contributed by atoms with E-state index in [1.165, 1.54) is 32.1 Å². The number of nitrogens with one attached hydrogen (secondary N) is 1. The van der Waals surface area contributed by atoms with Crippen molar-refractivity contribution in [1.29, 1.82) is 0 Å². The summed E-state index contributed by atoms with van der Waals surface area (Å²) in [5.41, 5.74) is 0. The van der Waals surface area contributed by atoms with Crippen molar-refractivity contribution >= 4 is 17.5 Å². The number of alkyl halides is 1. The Hall–Kier alpha value is -0.240. The number of rotatable bonds is 6. The molecular weight excluding hydrogens is 222 g/mol. The summed E-state index contributed by atoms with van der Waals surface area (Å²) in [7, 11) is 0. The van der Waals surface area contributed by atoms with Crippen molar-refractivity contribution in [1.82, 2.24) is 5.32 Å². The lowest BCUT2D eigenvalue weighted by molar-refractivity contribution is -0.122. The van der Waals surface area contributed by atoms with Crippen LogP contribution < -0.4 is 5.32 Å². The monoisotopic (exact) mass is 245 g/mol. The normalized spacial score (nSPS) is 19.4. The lowest BCUT2D eigenvalue weighted by atomic mass is 9.86. The molecule has 0 spiro atoms. The molecule has 0 aromatic carbocycles. The highest BCUT2D eigenvalue weighted by Crippen LogP contribution is 2.27. The third-order valence-corrected chi connectivity index (χ3v) is 3.92. The van der Waals surface area contributed by atoms with E-state index in [4.69, 9.17) is 11.6 Å². The molecule has 0 saturated heterocycles. The highest BCUT2D eigenvalue weighted by molar-refractivity contribution is 6.18. The zero-order valence-electron chi connectivity index (χ0n) is 10.3. The Balaban J connectivity index is 2.13. The maximum absolute atomic E-state index is 11.6. The molecule has 0 bridgehead atoms. The quantitative estimate of drug-likeness (QED) is 0.714. The van der Waals surface area contributed by atoms with Crippen LogP contribution in [0.5, 0.6) is 0 Å². The Morgan fingerprint density at radius 2 is 2.06 bits per heavy atom. The smallest absolute Gasteiger partial charge is 0.220 e. The predicted molar refractivity (Wildman–Crippen MR) is 68.8 cm³/mol. The molecule has 1 fully saturated rings. The summed E-state index contributed by atoms with van der Waals surface area (Å²) in [6.07, 6.45) is 9.38. The molecule has 0 aromatic rings. The molecule has 1 N–H and O–H groups in total. The highest BCUT2D eigenvalue weighted by atomic mass is 35.5. The van der Waals surface area contributed by atoms with Crippen molar-refractivity contribution in [2.75, 3.05) is 5.88 Å². The van der Waals surface area contributed by atoms with Gasteiger partial charge in [-0.15, -0.1) is 11.6 Å². The number of carbonyl (C=O) groups excluding carboxylic acids is 1. The molecule has 1 aliphatic carbocycles. The lowest BCUT2D eigenvalue weighted by Crippen LogP contribution is -2.35. The Kier molecular flexibility index (Phi) is 6.86. The van der Waals surface area contributed by atoms with Gasteiger partial charge in [-0.2, -0.15) is 0 Å². The fourth-order valence-corrected chi connectivity index (χ4v) is 2.66. The molecule has 0 aliphatic heterocycles. The highest BCUT2D eigenvalue weighted by Gasteiger charge is 2.15. The maximum atomic E-state index is 11.6. The Morgan fingerprint density at radius 1 is 1.38 bits per heavy atom. The van der Waals surface area contributed by atoms with Crippen LogP contribution in [0.4, 0.5) is 0 Å². The van der Waals surface area contributed by atoms with Crippen LogP contribution in [-0.2, 0) is 4.79 Å². The van der Waals surface area contributed by atoms with Gasteiger partial charge in [-0.3, -0.25) is 4.79 Å². The van der Waals surface area contributed by atoms with Crippen LogP contribution in [0.3, 0.4) is 0 Å².